The Bertz CT molecular complexity index is 448. The second-order valence-corrected chi connectivity index (χ2v) is 4.10. The van der Waals surface area contributed by atoms with E-state index in [1.54, 1.807) is 19.0 Å². The molecule has 0 fully saturated rings. The number of nitrogens with zero attached hydrogens (tertiary/aromatic N) is 5. The zero-order valence-corrected chi connectivity index (χ0v) is 12.3. The van der Waals surface area contributed by atoms with Gasteiger partial charge in [0, 0.05) is 27.2 Å². The molecule has 0 aliphatic rings. The molecule has 0 radical (unpaired) electrons. The number of nitrogens with one attached hydrogen (secondary N) is 2. The van der Waals surface area contributed by atoms with Crippen molar-refractivity contribution < 1.29 is 4.79 Å². The van der Waals surface area contributed by atoms with Gasteiger partial charge in [-0.3, -0.25) is 10.2 Å². The van der Waals surface area contributed by atoms with Crippen molar-refractivity contribution >= 4 is 23.8 Å². The van der Waals surface area contributed by atoms with Crippen molar-refractivity contribution in [2.75, 3.05) is 49.0 Å². The first-order chi connectivity index (χ1) is 9.55. The van der Waals surface area contributed by atoms with Gasteiger partial charge in [-0.25, -0.2) is 5.84 Å². The highest BCUT2D eigenvalue weighted by Crippen LogP contribution is 2.15. The number of anilines is 3. The number of rotatable bonds is 7. The van der Waals surface area contributed by atoms with Crippen LogP contribution in [0.3, 0.4) is 0 Å². The molecule has 0 bridgehead atoms. The molecule has 1 heterocycles. The van der Waals surface area contributed by atoms with Gasteiger partial charge in [-0.2, -0.15) is 15.0 Å². The van der Waals surface area contributed by atoms with Crippen LogP contribution in [0.15, 0.2) is 0 Å². The lowest BCUT2D eigenvalue weighted by molar-refractivity contribution is -0.119. The third-order valence-corrected chi connectivity index (χ3v) is 2.79. The van der Waals surface area contributed by atoms with Gasteiger partial charge in [0.2, 0.25) is 23.8 Å². The van der Waals surface area contributed by atoms with Crippen LogP contribution in [0.1, 0.15) is 13.8 Å². The van der Waals surface area contributed by atoms with Gasteiger partial charge >= 0.3 is 0 Å². The van der Waals surface area contributed by atoms with Crippen LogP contribution < -0.4 is 26.4 Å². The van der Waals surface area contributed by atoms with Crippen LogP contribution in [0.2, 0.25) is 0 Å². The molecule has 0 spiro atoms. The Morgan fingerprint density at radius 3 is 2.30 bits per heavy atom. The molecule has 1 aromatic heterocycles. The summed E-state index contributed by atoms with van der Waals surface area (Å²) in [6, 6.07) is 0. The molecule has 0 aromatic carbocycles. The highest BCUT2D eigenvalue weighted by molar-refractivity contribution is 5.80. The molecule has 9 heteroatoms. The van der Waals surface area contributed by atoms with Crippen LogP contribution in [-0.4, -0.2) is 54.6 Å². The van der Waals surface area contributed by atoms with E-state index in [0.29, 0.717) is 11.9 Å². The van der Waals surface area contributed by atoms with Crippen molar-refractivity contribution in [3.63, 3.8) is 0 Å². The summed E-state index contributed by atoms with van der Waals surface area (Å²) < 4.78 is 0. The largest absolute Gasteiger partial charge is 0.358 e. The van der Waals surface area contributed by atoms with Crippen molar-refractivity contribution in [3.8, 4) is 0 Å². The fraction of sp³-hybridized carbons (Fsp3) is 0.636. The number of likely N-dealkylation sites (N-methyl/N-ethyl adjacent to an activating group) is 2. The van der Waals surface area contributed by atoms with Crippen LogP contribution in [-0.2, 0) is 4.79 Å². The molecule has 112 valence electrons. The molecule has 0 aliphatic carbocycles. The van der Waals surface area contributed by atoms with E-state index in [1.165, 1.54) is 0 Å². The first-order valence-electron chi connectivity index (χ1n) is 6.45. The number of carbonyl (C=O) groups excluding carboxylic acids is 1. The summed E-state index contributed by atoms with van der Waals surface area (Å²) in [6.07, 6.45) is 0. The summed E-state index contributed by atoms with van der Waals surface area (Å²) in [5.74, 6) is 6.43. The van der Waals surface area contributed by atoms with Crippen LogP contribution in [0.5, 0.6) is 0 Å². The molecule has 0 saturated heterocycles. The number of hydrazine groups is 1. The Morgan fingerprint density at radius 1 is 1.20 bits per heavy atom. The average molecular weight is 282 g/mol. The molecule has 9 nitrogen and oxygen atoms in total. The van der Waals surface area contributed by atoms with Crippen LogP contribution >= 0.6 is 0 Å². The van der Waals surface area contributed by atoms with Gasteiger partial charge in [-0.05, 0) is 13.8 Å². The number of hydrogen-bond acceptors (Lipinski definition) is 8. The van der Waals surface area contributed by atoms with Gasteiger partial charge in [0.15, 0.2) is 0 Å². The van der Waals surface area contributed by atoms with Crippen LogP contribution in [0, 0.1) is 0 Å². The maximum atomic E-state index is 11.4. The molecule has 0 atom stereocenters. The lowest BCUT2D eigenvalue weighted by Crippen LogP contribution is -2.35. The zero-order valence-electron chi connectivity index (χ0n) is 12.3. The number of carbonyl (C=O) groups is 1. The van der Waals surface area contributed by atoms with E-state index >= 15 is 0 Å². The van der Waals surface area contributed by atoms with E-state index in [9.17, 15) is 4.79 Å². The lowest BCUT2D eigenvalue weighted by Gasteiger charge is -2.22. The van der Waals surface area contributed by atoms with E-state index in [4.69, 9.17) is 5.84 Å². The molecule has 1 amide bonds. The Hall–Kier alpha value is -2.16. The third-order valence-electron chi connectivity index (χ3n) is 2.79. The van der Waals surface area contributed by atoms with E-state index < -0.39 is 0 Å². The van der Waals surface area contributed by atoms with Crippen LogP contribution in [0.4, 0.5) is 17.8 Å². The third kappa shape index (κ3) is 3.92. The molecular weight excluding hydrogens is 260 g/mol. The second-order valence-electron chi connectivity index (χ2n) is 4.10. The maximum Gasteiger partial charge on any atom is 0.243 e. The molecule has 0 unspecified atom stereocenters. The zero-order chi connectivity index (χ0) is 15.1. The molecule has 20 heavy (non-hydrogen) atoms. The van der Waals surface area contributed by atoms with Gasteiger partial charge in [-0.1, -0.05) is 0 Å². The fourth-order valence-corrected chi connectivity index (χ4v) is 1.60. The van der Waals surface area contributed by atoms with Gasteiger partial charge in [0.25, 0.3) is 0 Å². The highest BCUT2D eigenvalue weighted by atomic mass is 16.1. The first-order valence-corrected chi connectivity index (χ1v) is 6.45. The minimum atomic E-state index is -0.125. The molecule has 4 N–H and O–H groups in total. The Morgan fingerprint density at radius 2 is 1.80 bits per heavy atom. The summed E-state index contributed by atoms with van der Waals surface area (Å²) >= 11 is 0. The second kappa shape index (κ2) is 7.43. The topological polar surface area (TPSA) is 112 Å². The summed E-state index contributed by atoms with van der Waals surface area (Å²) in [4.78, 5) is 27.7. The molecule has 1 aromatic rings. The van der Waals surface area contributed by atoms with Gasteiger partial charge in [0.05, 0.1) is 6.54 Å². The first kappa shape index (κ1) is 15.9. The van der Waals surface area contributed by atoms with E-state index in [-0.39, 0.29) is 18.4 Å². The normalized spacial score (nSPS) is 10.1. The Labute approximate surface area is 118 Å². The Balaban J connectivity index is 3.06. The summed E-state index contributed by atoms with van der Waals surface area (Å²) in [5, 5.41) is 2.55. The number of amides is 1. The van der Waals surface area contributed by atoms with Crippen molar-refractivity contribution in [1.82, 2.24) is 20.3 Å². The SMILES string of the molecule is CCN(CC)c1nc(NN)nc(N(C)CC(=O)NC)n1. The molecular formula is C11H22N8O. The predicted molar refractivity (Wildman–Crippen MR) is 78.5 cm³/mol. The maximum absolute atomic E-state index is 11.4. The summed E-state index contributed by atoms with van der Waals surface area (Å²) in [5.41, 5.74) is 2.42. The van der Waals surface area contributed by atoms with Crippen molar-refractivity contribution in [3.05, 3.63) is 0 Å². The van der Waals surface area contributed by atoms with Crippen molar-refractivity contribution in [2.45, 2.75) is 13.8 Å². The standard InChI is InChI=1S/C11H22N8O/c1-5-19(6-2)11-15-9(17-12)14-10(16-11)18(4)7-8(20)13-3/h5-7,12H2,1-4H3,(H,13,20)(H,14,15,16,17). The van der Waals surface area contributed by atoms with Crippen molar-refractivity contribution in [2.24, 2.45) is 5.84 Å². The number of aromatic nitrogens is 3. The fourth-order valence-electron chi connectivity index (χ4n) is 1.60. The highest BCUT2D eigenvalue weighted by Gasteiger charge is 2.14. The average Bonchev–Trinajstić information content (AvgIpc) is 2.47. The predicted octanol–water partition coefficient (Wildman–Crippen LogP) is -0.814. The number of hydrogen-bond donors (Lipinski definition) is 3. The Kier molecular flexibility index (Phi) is 5.91. The summed E-state index contributed by atoms with van der Waals surface area (Å²) in [7, 11) is 3.31. The van der Waals surface area contributed by atoms with Crippen LogP contribution in [0.25, 0.3) is 0 Å². The van der Waals surface area contributed by atoms with Crippen molar-refractivity contribution in [1.29, 1.82) is 0 Å². The lowest BCUT2D eigenvalue weighted by atomic mass is 10.5. The monoisotopic (exact) mass is 282 g/mol. The minimum absolute atomic E-state index is 0.125. The summed E-state index contributed by atoms with van der Waals surface area (Å²) in [6.45, 7) is 5.71. The van der Waals surface area contributed by atoms with E-state index in [0.717, 1.165) is 13.1 Å². The molecule has 0 saturated carbocycles. The van der Waals surface area contributed by atoms with Gasteiger partial charge < -0.3 is 15.1 Å². The van der Waals surface area contributed by atoms with Gasteiger partial charge in [0.1, 0.15) is 0 Å². The van der Waals surface area contributed by atoms with Gasteiger partial charge in [-0.15, -0.1) is 0 Å². The molecule has 0 aliphatic heterocycles. The number of nitrogens with two attached hydrogens (primary N) is 1. The quantitative estimate of drug-likeness (QED) is 0.439. The van der Waals surface area contributed by atoms with E-state index in [2.05, 4.69) is 25.7 Å². The number of nitrogen functional groups attached to an aromatic ring is 1. The minimum Gasteiger partial charge on any atom is -0.358 e. The molecule has 1 rings (SSSR count). The van der Waals surface area contributed by atoms with E-state index in [1.807, 2.05) is 18.7 Å². The smallest absolute Gasteiger partial charge is 0.243 e.